The molecule has 1 N–H and O–H groups in total. The molecular formula is C10H12BrNO2S. The van der Waals surface area contributed by atoms with E-state index in [1.807, 2.05) is 11.4 Å². The lowest BCUT2D eigenvalue weighted by Crippen LogP contribution is -2.31. The molecule has 5 heteroatoms. The molecule has 2 rings (SSSR count). The van der Waals surface area contributed by atoms with E-state index in [2.05, 4.69) is 21.2 Å². The van der Waals surface area contributed by atoms with E-state index in [9.17, 15) is 4.79 Å². The number of nitrogens with one attached hydrogen (secondary N) is 1. The van der Waals surface area contributed by atoms with Gasteiger partial charge in [-0.2, -0.15) is 0 Å². The van der Waals surface area contributed by atoms with Gasteiger partial charge in [-0.3, -0.25) is 4.79 Å². The SMILES string of the molecule is O=C(NCC1CCCO1)c1csc(Br)c1. The fraction of sp³-hybridized carbons (Fsp3) is 0.500. The first-order valence-corrected chi connectivity index (χ1v) is 6.57. The van der Waals surface area contributed by atoms with Crippen molar-refractivity contribution < 1.29 is 9.53 Å². The molecule has 1 aromatic rings. The number of carbonyl (C=O) groups excluding carboxylic acids is 1. The highest BCUT2D eigenvalue weighted by atomic mass is 79.9. The minimum atomic E-state index is -0.0209. The Hall–Kier alpha value is -0.390. The van der Waals surface area contributed by atoms with E-state index in [-0.39, 0.29) is 12.0 Å². The van der Waals surface area contributed by atoms with Gasteiger partial charge in [0.25, 0.3) is 5.91 Å². The molecule has 1 saturated heterocycles. The molecule has 1 aliphatic heterocycles. The lowest BCUT2D eigenvalue weighted by Gasteiger charge is -2.09. The maximum atomic E-state index is 11.6. The highest BCUT2D eigenvalue weighted by Crippen LogP contribution is 2.20. The lowest BCUT2D eigenvalue weighted by molar-refractivity contribution is 0.0858. The van der Waals surface area contributed by atoms with Gasteiger partial charge in [-0.1, -0.05) is 0 Å². The van der Waals surface area contributed by atoms with Crippen LogP contribution in [-0.4, -0.2) is 25.2 Å². The van der Waals surface area contributed by atoms with Crippen LogP contribution in [0.5, 0.6) is 0 Å². The van der Waals surface area contributed by atoms with E-state index in [1.54, 1.807) is 0 Å². The highest BCUT2D eigenvalue weighted by Gasteiger charge is 2.16. The fourth-order valence-corrected chi connectivity index (χ4v) is 2.68. The summed E-state index contributed by atoms with van der Waals surface area (Å²) in [6.07, 6.45) is 2.36. The number of hydrogen-bond donors (Lipinski definition) is 1. The standard InChI is InChI=1S/C10H12BrNO2S/c11-9-4-7(6-15-9)10(13)12-5-8-2-1-3-14-8/h4,6,8H,1-3,5H2,(H,12,13). The van der Waals surface area contributed by atoms with E-state index in [4.69, 9.17) is 4.74 Å². The Morgan fingerprint density at radius 2 is 2.60 bits per heavy atom. The van der Waals surface area contributed by atoms with Gasteiger partial charge < -0.3 is 10.1 Å². The molecule has 1 amide bonds. The first-order chi connectivity index (χ1) is 7.25. The topological polar surface area (TPSA) is 38.3 Å². The van der Waals surface area contributed by atoms with Gasteiger partial charge in [0, 0.05) is 18.5 Å². The van der Waals surface area contributed by atoms with E-state index < -0.39 is 0 Å². The normalized spacial score (nSPS) is 20.5. The molecule has 1 unspecified atom stereocenters. The van der Waals surface area contributed by atoms with Gasteiger partial charge in [0.05, 0.1) is 15.5 Å². The zero-order valence-corrected chi connectivity index (χ0v) is 10.6. The van der Waals surface area contributed by atoms with Gasteiger partial charge in [0.15, 0.2) is 0 Å². The summed E-state index contributed by atoms with van der Waals surface area (Å²) in [4.78, 5) is 11.6. The van der Waals surface area contributed by atoms with Gasteiger partial charge in [0.2, 0.25) is 0 Å². The van der Waals surface area contributed by atoms with Gasteiger partial charge in [-0.05, 0) is 34.8 Å². The predicted molar refractivity (Wildman–Crippen MR) is 63.3 cm³/mol. The largest absolute Gasteiger partial charge is 0.376 e. The van der Waals surface area contributed by atoms with Gasteiger partial charge in [-0.15, -0.1) is 11.3 Å². The van der Waals surface area contributed by atoms with Crippen LogP contribution in [0.1, 0.15) is 23.2 Å². The summed E-state index contributed by atoms with van der Waals surface area (Å²) in [5, 5.41) is 4.72. The lowest BCUT2D eigenvalue weighted by atomic mass is 10.2. The van der Waals surface area contributed by atoms with Crippen LogP contribution in [0.4, 0.5) is 0 Å². The molecule has 1 aliphatic rings. The van der Waals surface area contributed by atoms with Crippen molar-refractivity contribution in [3.05, 3.63) is 20.8 Å². The van der Waals surface area contributed by atoms with Crippen LogP contribution in [0.2, 0.25) is 0 Å². The van der Waals surface area contributed by atoms with Crippen molar-refractivity contribution in [2.24, 2.45) is 0 Å². The van der Waals surface area contributed by atoms with Crippen molar-refractivity contribution in [1.29, 1.82) is 0 Å². The van der Waals surface area contributed by atoms with Crippen LogP contribution in [0.15, 0.2) is 15.2 Å². The predicted octanol–water partition coefficient (Wildman–Crippen LogP) is 2.42. The minimum Gasteiger partial charge on any atom is -0.376 e. The Morgan fingerprint density at radius 1 is 1.73 bits per heavy atom. The van der Waals surface area contributed by atoms with Gasteiger partial charge in [-0.25, -0.2) is 0 Å². The second-order valence-electron chi connectivity index (χ2n) is 3.48. The average molecular weight is 290 g/mol. The van der Waals surface area contributed by atoms with Crippen molar-refractivity contribution in [2.75, 3.05) is 13.2 Å². The van der Waals surface area contributed by atoms with Gasteiger partial charge in [0.1, 0.15) is 0 Å². The molecule has 15 heavy (non-hydrogen) atoms. The molecule has 0 radical (unpaired) electrons. The molecule has 1 atom stereocenters. The second-order valence-corrected chi connectivity index (χ2v) is 5.78. The monoisotopic (exact) mass is 289 g/mol. The Bertz CT molecular complexity index is 347. The third-order valence-electron chi connectivity index (χ3n) is 2.34. The summed E-state index contributed by atoms with van der Waals surface area (Å²) in [7, 11) is 0. The Labute approximate surface area is 101 Å². The number of thiophene rings is 1. The zero-order chi connectivity index (χ0) is 10.7. The molecule has 0 bridgehead atoms. The third-order valence-corrected chi connectivity index (χ3v) is 3.85. The number of carbonyl (C=O) groups is 1. The van der Waals surface area contributed by atoms with E-state index in [0.717, 1.165) is 23.2 Å². The van der Waals surface area contributed by atoms with Crippen LogP contribution in [0.25, 0.3) is 0 Å². The molecular weight excluding hydrogens is 278 g/mol. The molecule has 0 aliphatic carbocycles. The summed E-state index contributed by atoms with van der Waals surface area (Å²) in [5.41, 5.74) is 0.713. The molecule has 2 heterocycles. The quantitative estimate of drug-likeness (QED) is 0.928. The van der Waals surface area contributed by atoms with Crippen molar-refractivity contribution in [2.45, 2.75) is 18.9 Å². The van der Waals surface area contributed by atoms with Crippen molar-refractivity contribution in [1.82, 2.24) is 5.32 Å². The van der Waals surface area contributed by atoms with E-state index >= 15 is 0 Å². The van der Waals surface area contributed by atoms with Crippen molar-refractivity contribution in [3.8, 4) is 0 Å². The van der Waals surface area contributed by atoms with Gasteiger partial charge >= 0.3 is 0 Å². The van der Waals surface area contributed by atoms with Crippen LogP contribution < -0.4 is 5.32 Å². The van der Waals surface area contributed by atoms with Crippen LogP contribution >= 0.6 is 27.3 Å². The number of ether oxygens (including phenoxy) is 1. The average Bonchev–Trinajstić information content (AvgIpc) is 2.84. The van der Waals surface area contributed by atoms with Crippen LogP contribution in [-0.2, 0) is 4.74 Å². The fourth-order valence-electron chi connectivity index (χ4n) is 1.54. The number of hydrogen-bond acceptors (Lipinski definition) is 3. The molecule has 0 aromatic carbocycles. The van der Waals surface area contributed by atoms with Crippen molar-refractivity contribution >= 4 is 33.2 Å². The summed E-state index contributed by atoms with van der Waals surface area (Å²) in [6, 6.07) is 1.83. The maximum Gasteiger partial charge on any atom is 0.252 e. The first-order valence-electron chi connectivity index (χ1n) is 4.89. The number of halogens is 1. The molecule has 1 fully saturated rings. The summed E-state index contributed by atoms with van der Waals surface area (Å²) >= 11 is 4.85. The highest BCUT2D eigenvalue weighted by molar-refractivity contribution is 9.11. The molecule has 0 spiro atoms. The number of rotatable bonds is 3. The maximum absolute atomic E-state index is 11.6. The smallest absolute Gasteiger partial charge is 0.252 e. The van der Waals surface area contributed by atoms with Crippen molar-refractivity contribution in [3.63, 3.8) is 0 Å². The summed E-state index contributed by atoms with van der Waals surface area (Å²) in [5.74, 6) is -0.0209. The number of amides is 1. The first kappa shape index (κ1) is 11.1. The minimum absolute atomic E-state index is 0.0209. The molecule has 82 valence electrons. The summed E-state index contributed by atoms with van der Waals surface area (Å²) in [6.45, 7) is 1.44. The van der Waals surface area contributed by atoms with Crippen LogP contribution in [0.3, 0.4) is 0 Å². The van der Waals surface area contributed by atoms with E-state index in [0.29, 0.717) is 12.1 Å². The Balaban J connectivity index is 1.81. The van der Waals surface area contributed by atoms with Crippen LogP contribution in [0, 0.1) is 0 Å². The Morgan fingerprint density at radius 3 is 3.20 bits per heavy atom. The molecule has 0 saturated carbocycles. The third kappa shape index (κ3) is 3.03. The summed E-state index contributed by atoms with van der Waals surface area (Å²) < 4.78 is 6.40. The Kier molecular flexibility index (Phi) is 3.77. The molecule has 3 nitrogen and oxygen atoms in total. The zero-order valence-electron chi connectivity index (χ0n) is 8.16. The van der Waals surface area contributed by atoms with E-state index in [1.165, 1.54) is 11.3 Å². The second kappa shape index (κ2) is 5.09. The molecule has 1 aromatic heterocycles.